The summed E-state index contributed by atoms with van der Waals surface area (Å²) in [6.07, 6.45) is 1.83. The molecule has 0 aliphatic rings. The van der Waals surface area contributed by atoms with Gasteiger partial charge in [-0.25, -0.2) is 4.98 Å². The van der Waals surface area contributed by atoms with E-state index in [1.165, 1.54) is 11.3 Å². The highest BCUT2D eigenvalue weighted by atomic mass is 79.9. The van der Waals surface area contributed by atoms with Crippen LogP contribution in [0.5, 0.6) is 5.75 Å². The first-order valence-corrected chi connectivity index (χ1v) is 9.21. The van der Waals surface area contributed by atoms with Crippen LogP contribution in [0.2, 0.25) is 0 Å². The maximum absolute atomic E-state index is 9.47. The van der Waals surface area contributed by atoms with Crippen LogP contribution >= 0.6 is 38.6 Å². The Morgan fingerprint density at radius 1 is 1.35 bits per heavy atom. The van der Waals surface area contributed by atoms with Crippen LogP contribution in [-0.2, 0) is 0 Å². The standard InChI is InChI=1S/C17H11BrN2OS2/c1-21-15-5-4-11(8-13(15)18)7-12(9-19)17-20-14(10-23-17)16-3-2-6-22-16/h2-8,10H,1H3/b12-7-. The van der Waals surface area contributed by atoms with Gasteiger partial charge in [-0.05, 0) is 51.1 Å². The molecule has 0 bridgehead atoms. The second-order valence-electron chi connectivity index (χ2n) is 4.58. The van der Waals surface area contributed by atoms with Gasteiger partial charge < -0.3 is 4.74 Å². The van der Waals surface area contributed by atoms with Gasteiger partial charge in [0.1, 0.15) is 16.8 Å². The van der Waals surface area contributed by atoms with Crippen LogP contribution in [0.4, 0.5) is 0 Å². The van der Waals surface area contributed by atoms with Crippen molar-refractivity contribution in [3.8, 4) is 22.4 Å². The molecule has 2 aromatic heterocycles. The van der Waals surface area contributed by atoms with E-state index < -0.39 is 0 Å². The molecule has 0 atom stereocenters. The number of allylic oxidation sites excluding steroid dienone is 1. The number of aromatic nitrogens is 1. The molecule has 0 saturated heterocycles. The first-order valence-electron chi connectivity index (χ1n) is 6.66. The van der Waals surface area contributed by atoms with Crippen LogP contribution in [0.15, 0.2) is 45.6 Å². The molecule has 114 valence electrons. The molecule has 3 aromatic rings. The van der Waals surface area contributed by atoms with E-state index in [0.717, 1.165) is 31.4 Å². The predicted molar refractivity (Wildman–Crippen MR) is 99.6 cm³/mol. The summed E-state index contributed by atoms with van der Waals surface area (Å²) in [7, 11) is 1.62. The summed E-state index contributed by atoms with van der Waals surface area (Å²) >= 11 is 6.58. The lowest BCUT2D eigenvalue weighted by molar-refractivity contribution is 0.412. The number of ether oxygens (including phenoxy) is 1. The van der Waals surface area contributed by atoms with Gasteiger partial charge in [-0.3, -0.25) is 0 Å². The van der Waals surface area contributed by atoms with Crippen molar-refractivity contribution < 1.29 is 4.74 Å². The molecule has 0 unspecified atom stereocenters. The Bertz CT molecular complexity index is 892. The van der Waals surface area contributed by atoms with Crippen molar-refractivity contribution in [2.45, 2.75) is 0 Å². The highest BCUT2D eigenvalue weighted by molar-refractivity contribution is 9.10. The quantitative estimate of drug-likeness (QED) is 0.525. The van der Waals surface area contributed by atoms with E-state index in [4.69, 9.17) is 4.74 Å². The maximum Gasteiger partial charge on any atom is 0.134 e. The molecule has 23 heavy (non-hydrogen) atoms. The van der Waals surface area contributed by atoms with Crippen molar-refractivity contribution in [3.05, 3.63) is 56.1 Å². The van der Waals surface area contributed by atoms with E-state index in [2.05, 4.69) is 27.0 Å². The van der Waals surface area contributed by atoms with Gasteiger partial charge in [0.15, 0.2) is 0 Å². The molecular weight excluding hydrogens is 392 g/mol. The van der Waals surface area contributed by atoms with Crippen molar-refractivity contribution >= 4 is 50.3 Å². The van der Waals surface area contributed by atoms with Gasteiger partial charge >= 0.3 is 0 Å². The minimum Gasteiger partial charge on any atom is -0.496 e. The second kappa shape index (κ2) is 7.09. The molecule has 0 saturated carbocycles. The van der Waals surface area contributed by atoms with Gasteiger partial charge in [0.25, 0.3) is 0 Å². The van der Waals surface area contributed by atoms with E-state index in [1.807, 2.05) is 47.2 Å². The molecule has 0 N–H and O–H groups in total. The largest absolute Gasteiger partial charge is 0.496 e. The molecule has 0 fully saturated rings. The number of benzene rings is 1. The van der Waals surface area contributed by atoms with Gasteiger partial charge in [-0.1, -0.05) is 12.1 Å². The lowest BCUT2D eigenvalue weighted by atomic mass is 10.1. The topological polar surface area (TPSA) is 45.9 Å². The zero-order valence-corrected chi connectivity index (χ0v) is 15.3. The van der Waals surface area contributed by atoms with Crippen LogP contribution < -0.4 is 4.74 Å². The number of nitrogens with zero attached hydrogens (tertiary/aromatic N) is 2. The summed E-state index contributed by atoms with van der Waals surface area (Å²) in [5, 5.41) is 14.2. The number of nitriles is 1. The third-order valence-corrected chi connectivity index (χ3v) is 5.50. The molecule has 2 heterocycles. The summed E-state index contributed by atoms with van der Waals surface area (Å²) in [5.74, 6) is 0.759. The van der Waals surface area contributed by atoms with E-state index in [9.17, 15) is 5.26 Å². The Morgan fingerprint density at radius 3 is 2.87 bits per heavy atom. The van der Waals surface area contributed by atoms with Crippen molar-refractivity contribution in [3.63, 3.8) is 0 Å². The van der Waals surface area contributed by atoms with Crippen molar-refractivity contribution in [2.24, 2.45) is 0 Å². The average molecular weight is 403 g/mol. The molecule has 6 heteroatoms. The van der Waals surface area contributed by atoms with Crippen molar-refractivity contribution in [1.82, 2.24) is 4.98 Å². The number of thiazole rings is 1. The summed E-state index contributed by atoms with van der Waals surface area (Å²) in [6.45, 7) is 0. The predicted octanol–water partition coefficient (Wildman–Crippen LogP) is 5.71. The highest BCUT2D eigenvalue weighted by Gasteiger charge is 2.10. The Hall–Kier alpha value is -1.94. The van der Waals surface area contributed by atoms with Gasteiger partial charge in [0.2, 0.25) is 0 Å². The lowest BCUT2D eigenvalue weighted by Gasteiger charge is -2.03. The monoisotopic (exact) mass is 402 g/mol. The Kier molecular flexibility index (Phi) is 4.91. The van der Waals surface area contributed by atoms with E-state index in [1.54, 1.807) is 18.4 Å². The van der Waals surface area contributed by atoms with Crippen LogP contribution in [0.3, 0.4) is 0 Å². The van der Waals surface area contributed by atoms with E-state index in [0.29, 0.717) is 5.57 Å². The number of halogens is 1. The Morgan fingerprint density at radius 2 is 2.22 bits per heavy atom. The molecule has 0 aliphatic heterocycles. The number of methoxy groups -OCH3 is 1. The third kappa shape index (κ3) is 3.53. The van der Waals surface area contributed by atoms with Crippen LogP contribution in [0.25, 0.3) is 22.2 Å². The van der Waals surface area contributed by atoms with Crippen LogP contribution in [0, 0.1) is 11.3 Å². The Balaban J connectivity index is 1.94. The van der Waals surface area contributed by atoms with Crippen LogP contribution in [0.1, 0.15) is 10.6 Å². The summed E-state index contributed by atoms with van der Waals surface area (Å²) < 4.78 is 6.07. The summed E-state index contributed by atoms with van der Waals surface area (Å²) in [4.78, 5) is 5.69. The molecular formula is C17H11BrN2OS2. The summed E-state index contributed by atoms with van der Waals surface area (Å²) in [5.41, 5.74) is 2.38. The molecule has 1 aromatic carbocycles. The van der Waals surface area contributed by atoms with Crippen LogP contribution in [-0.4, -0.2) is 12.1 Å². The number of hydrogen-bond donors (Lipinski definition) is 0. The van der Waals surface area contributed by atoms with Gasteiger partial charge in [-0.15, -0.1) is 22.7 Å². The third-order valence-electron chi connectivity index (χ3n) is 3.12. The number of hydrogen-bond acceptors (Lipinski definition) is 5. The number of rotatable bonds is 4. The normalized spacial score (nSPS) is 11.3. The van der Waals surface area contributed by atoms with Gasteiger partial charge in [0.05, 0.1) is 27.7 Å². The zero-order chi connectivity index (χ0) is 16.2. The molecule has 0 amide bonds. The zero-order valence-electron chi connectivity index (χ0n) is 12.1. The average Bonchev–Trinajstić information content (AvgIpc) is 3.23. The van der Waals surface area contributed by atoms with Gasteiger partial charge in [-0.2, -0.15) is 5.26 Å². The van der Waals surface area contributed by atoms with E-state index in [-0.39, 0.29) is 0 Å². The first kappa shape index (κ1) is 15.9. The minimum absolute atomic E-state index is 0.551. The fourth-order valence-electron chi connectivity index (χ4n) is 2.02. The lowest BCUT2D eigenvalue weighted by Crippen LogP contribution is -1.86. The fraction of sp³-hybridized carbons (Fsp3) is 0.0588. The number of thiophene rings is 1. The maximum atomic E-state index is 9.47. The molecule has 3 rings (SSSR count). The van der Waals surface area contributed by atoms with E-state index >= 15 is 0 Å². The smallest absolute Gasteiger partial charge is 0.134 e. The van der Waals surface area contributed by atoms with Gasteiger partial charge in [0, 0.05) is 5.38 Å². The molecule has 3 nitrogen and oxygen atoms in total. The van der Waals surface area contributed by atoms with Crippen molar-refractivity contribution in [2.75, 3.05) is 7.11 Å². The Labute approximate surface area is 150 Å². The van der Waals surface area contributed by atoms with Crippen molar-refractivity contribution in [1.29, 1.82) is 5.26 Å². The SMILES string of the molecule is COc1ccc(/C=C(/C#N)c2nc(-c3cccs3)cs2)cc1Br. The molecule has 0 radical (unpaired) electrons. The molecule has 0 aliphatic carbocycles. The minimum atomic E-state index is 0.551. The summed E-state index contributed by atoms with van der Waals surface area (Å²) in [6, 6.07) is 12.0. The second-order valence-corrected chi connectivity index (χ2v) is 7.24. The highest BCUT2D eigenvalue weighted by Crippen LogP contribution is 2.31. The fourth-order valence-corrected chi connectivity index (χ4v) is 4.12. The first-order chi connectivity index (χ1) is 11.2. The molecule has 0 spiro atoms.